The summed E-state index contributed by atoms with van der Waals surface area (Å²) in [5.41, 5.74) is 0.322. The molecule has 1 heterocycles. The van der Waals surface area contributed by atoms with E-state index in [4.69, 9.17) is 24.1 Å². The zero-order valence-electron chi connectivity index (χ0n) is 14.7. The van der Waals surface area contributed by atoms with Crippen molar-refractivity contribution < 1.29 is 38.4 Å². The Morgan fingerprint density at radius 3 is 2.15 bits per heavy atom. The summed E-state index contributed by atoms with van der Waals surface area (Å²) in [4.78, 5) is 34.9. The zero-order chi connectivity index (χ0) is 19.4. The molecule has 9 heteroatoms. The van der Waals surface area contributed by atoms with Crippen molar-refractivity contribution in [2.45, 2.75) is 13.0 Å². The number of β-lactam (4-membered cyclic amide) rings is 1. The highest BCUT2D eigenvalue weighted by atomic mass is 16.5. The minimum atomic E-state index is -1.20. The van der Waals surface area contributed by atoms with Crippen molar-refractivity contribution in [3.05, 3.63) is 29.5 Å². The monoisotopic (exact) mass is 365 g/mol. The minimum absolute atomic E-state index is 0.134. The van der Waals surface area contributed by atoms with Gasteiger partial charge in [0.1, 0.15) is 12.0 Å². The summed E-state index contributed by atoms with van der Waals surface area (Å²) in [5.74, 6) is -2.30. The molecular weight excluding hydrogens is 346 g/mol. The third kappa shape index (κ3) is 3.71. The Morgan fingerprint density at radius 2 is 1.73 bits per heavy atom. The molecule has 0 unspecified atom stereocenters. The Morgan fingerprint density at radius 1 is 1.15 bits per heavy atom. The van der Waals surface area contributed by atoms with Crippen molar-refractivity contribution in [3.8, 4) is 17.2 Å². The molecule has 1 aliphatic rings. The van der Waals surface area contributed by atoms with E-state index in [0.717, 1.165) is 6.08 Å². The number of amides is 1. The van der Waals surface area contributed by atoms with Crippen LogP contribution in [-0.2, 0) is 14.3 Å². The summed E-state index contributed by atoms with van der Waals surface area (Å²) in [6, 6.07) is 2.84. The van der Waals surface area contributed by atoms with Gasteiger partial charge in [0.2, 0.25) is 11.7 Å². The van der Waals surface area contributed by atoms with Gasteiger partial charge in [-0.15, -0.1) is 0 Å². The summed E-state index contributed by atoms with van der Waals surface area (Å²) in [6.07, 6.45) is 0.0106. The predicted octanol–water partition coefficient (Wildman–Crippen LogP) is 0.972. The number of carbonyl (C=O) groups is 3. The fourth-order valence-corrected chi connectivity index (χ4v) is 2.59. The van der Waals surface area contributed by atoms with Crippen LogP contribution in [0.4, 0.5) is 0 Å². The Bertz CT molecular complexity index is 745. The third-order valence-electron chi connectivity index (χ3n) is 3.83. The summed E-state index contributed by atoms with van der Waals surface area (Å²) < 4.78 is 20.9. The maximum Gasteiger partial charge on any atom is 0.338 e. The van der Waals surface area contributed by atoms with E-state index < -0.39 is 29.9 Å². The zero-order valence-corrected chi connectivity index (χ0v) is 14.7. The van der Waals surface area contributed by atoms with Gasteiger partial charge in [0, 0.05) is 11.8 Å². The molecule has 9 nitrogen and oxygen atoms in total. The first kappa shape index (κ1) is 19.1. The van der Waals surface area contributed by atoms with Crippen LogP contribution in [0, 0.1) is 5.92 Å². The summed E-state index contributed by atoms with van der Waals surface area (Å²) in [7, 11) is 4.26. The Labute approximate surface area is 149 Å². The largest absolute Gasteiger partial charge is 0.493 e. The van der Waals surface area contributed by atoms with E-state index in [2.05, 4.69) is 5.32 Å². The highest BCUT2D eigenvalue weighted by Crippen LogP contribution is 2.38. The number of methoxy groups -OCH3 is 3. The van der Waals surface area contributed by atoms with Gasteiger partial charge in [-0.1, -0.05) is 0 Å². The summed E-state index contributed by atoms with van der Waals surface area (Å²) in [6.45, 7) is 1.51. The quantitative estimate of drug-likeness (QED) is 0.417. The second kappa shape index (κ2) is 7.77. The van der Waals surface area contributed by atoms with Gasteiger partial charge in [0.05, 0.1) is 26.9 Å². The fourth-order valence-electron chi connectivity index (χ4n) is 2.59. The van der Waals surface area contributed by atoms with E-state index in [1.54, 1.807) is 0 Å². The number of nitrogens with one attached hydrogen (secondary N) is 1. The summed E-state index contributed by atoms with van der Waals surface area (Å²) in [5, 5.41) is 11.1. The normalized spacial score (nSPS) is 18.4. The van der Waals surface area contributed by atoms with Crippen LogP contribution in [0.25, 0.3) is 0 Å². The average molecular weight is 365 g/mol. The lowest BCUT2D eigenvalue weighted by atomic mass is 9.90. The van der Waals surface area contributed by atoms with E-state index in [9.17, 15) is 14.4 Å². The lowest BCUT2D eigenvalue weighted by Crippen LogP contribution is -2.52. The molecule has 1 aromatic rings. The van der Waals surface area contributed by atoms with Gasteiger partial charge in [-0.05, 0) is 19.1 Å². The number of hydrogen-bond acceptors (Lipinski definition) is 7. The standard InChI is InChI=1S/C17H19NO8/c1-8(14-10(7-13(19)20)18-16(14)21)26-17(22)9-5-11(23-2)15(25-4)12(6-9)24-3/h5-8,14H,1-4H3,(H,18,21)(H,19,20)/b10-7-/t8-,14-/m1/s1. The van der Waals surface area contributed by atoms with Crippen LogP contribution in [-0.4, -0.2) is 50.4 Å². The molecule has 1 amide bonds. The predicted molar refractivity (Wildman–Crippen MR) is 88.3 cm³/mol. The van der Waals surface area contributed by atoms with Gasteiger partial charge >= 0.3 is 11.9 Å². The highest BCUT2D eigenvalue weighted by molar-refractivity contribution is 5.96. The van der Waals surface area contributed by atoms with Gasteiger partial charge in [-0.25, -0.2) is 9.59 Å². The smallest absolute Gasteiger partial charge is 0.338 e. The second-order valence-electron chi connectivity index (χ2n) is 5.43. The lowest BCUT2D eigenvalue weighted by Gasteiger charge is -2.33. The summed E-state index contributed by atoms with van der Waals surface area (Å²) >= 11 is 0. The maximum atomic E-state index is 12.4. The van der Waals surface area contributed by atoms with Gasteiger partial charge in [0.15, 0.2) is 11.5 Å². The number of aliphatic carboxylic acids is 1. The molecule has 0 aliphatic carbocycles. The van der Waals surface area contributed by atoms with Gasteiger partial charge in [-0.2, -0.15) is 0 Å². The van der Waals surface area contributed by atoms with E-state index in [1.807, 2.05) is 0 Å². The minimum Gasteiger partial charge on any atom is -0.493 e. The highest BCUT2D eigenvalue weighted by Gasteiger charge is 2.41. The van der Waals surface area contributed by atoms with Crippen molar-refractivity contribution in [2.24, 2.45) is 5.92 Å². The molecule has 0 aromatic heterocycles. The van der Waals surface area contributed by atoms with E-state index in [1.165, 1.54) is 40.4 Å². The number of carboxylic acids is 1. The molecule has 2 atom stereocenters. The fraction of sp³-hybridized carbons (Fsp3) is 0.353. The number of rotatable bonds is 7. The molecule has 2 N–H and O–H groups in total. The number of esters is 1. The number of carbonyl (C=O) groups excluding carboxylic acids is 2. The van der Waals surface area contributed by atoms with Crippen LogP contribution in [0.15, 0.2) is 23.9 Å². The van der Waals surface area contributed by atoms with Crippen LogP contribution < -0.4 is 19.5 Å². The van der Waals surface area contributed by atoms with Gasteiger partial charge in [-0.3, -0.25) is 4.79 Å². The van der Waals surface area contributed by atoms with Gasteiger partial charge < -0.3 is 29.4 Å². The molecule has 0 spiro atoms. The molecule has 1 aliphatic heterocycles. The second-order valence-corrected chi connectivity index (χ2v) is 5.43. The molecule has 0 saturated carbocycles. The van der Waals surface area contributed by atoms with Crippen LogP contribution in [0.1, 0.15) is 17.3 Å². The first-order valence-corrected chi connectivity index (χ1v) is 7.58. The molecule has 1 aromatic carbocycles. The van der Waals surface area contributed by atoms with Crippen LogP contribution in [0.2, 0.25) is 0 Å². The molecular formula is C17H19NO8. The molecule has 0 radical (unpaired) electrons. The number of benzene rings is 1. The molecule has 140 valence electrons. The number of carboxylic acid groups (broad SMARTS) is 1. The number of hydrogen-bond donors (Lipinski definition) is 2. The van der Waals surface area contributed by atoms with Crippen molar-refractivity contribution in [3.63, 3.8) is 0 Å². The van der Waals surface area contributed by atoms with E-state index in [-0.39, 0.29) is 22.8 Å². The molecule has 1 saturated heterocycles. The number of ether oxygens (including phenoxy) is 4. The topological polar surface area (TPSA) is 120 Å². The van der Waals surface area contributed by atoms with Crippen molar-refractivity contribution in [1.29, 1.82) is 0 Å². The van der Waals surface area contributed by atoms with Crippen LogP contribution >= 0.6 is 0 Å². The van der Waals surface area contributed by atoms with Crippen LogP contribution in [0.3, 0.4) is 0 Å². The SMILES string of the molecule is COc1cc(C(=O)O[C@H](C)[C@H]2C(=O)N/C2=C\C(=O)O)cc(OC)c1OC. The Balaban J connectivity index is 2.22. The average Bonchev–Trinajstić information content (AvgIpc) is 2.58. The van der Waals surface area contributed by atoms with E-state index in [0.29, 0.717) is 5.75 Å². The van der Waals surface area contributed by atoms with Gasteiger partial charge in [0.25, 0.3) is 0 Å². The lowest BCUT2D eigenvalue weighted by molar-refractivity contribution is -0.133. The molecule has 1 fully saturated rings. The Kier molecular flexibility index (Phi) is 5.71. The molecule has 2 rings (SSSR count). The van der Waals surface area contributed by atoms with E-state index >= 15 is 0 Å². The molecule has 0 bridgehead atoms. The first-order chi connectivity index (χ1) is 12.3. The van der Waals surface area contributed by atoms with Crippen molar-refractivity contribution in [2.75, 3.05) is 21.3 Å². The maximum absolute atomic E-state index is 12.4. The van der Waals surface area contributed by atoms with Crippen molar-refractivity contribution in [1.82, 2.24) is 5.32 Å². The van der Waals surface area contributed by atoms with Crippen LogP contribution in [0.5, 0.6) is 17.2 Å². The first-order valence-electron chi connectivity index (χ1n) is 7.58. The molecule has 26 heavy (non-hydrogen) atoms. The third-order valence-corrected chi connectivity index (χ3v) is 3.83. The Hall–Kier alpha value is -3.23. The van der Waals surface area contributed by atoms with Crippen molar-refractivity contribution >= 4 is 17.8 Å².